The van der Waals surface area contributed by atoms with Crippen LogP contribution in [0.25, 0.3) is 10.4 Å². The molecule has 0 N–H and O–H groups in total. The van der Waals surface area contributed by atoms with Crippen molar-refractivity contribution in [3.8, 4) is 10.4 Å². The van der Waals surface area contributed by atoms with Crippen molar-refractivity contribution in [1.29, 1.82) is 0 Å². The molecule has 1 aliphatic carbocycles. The van der Waals surface area contributed by atoms with E-state index in [1.54, 1.807) is 0 Å². The van der Waals surface area contributed by atoms with E-state index in [9.17, 15) is 0 Å². The lowest BCUT2D eigenvalue weighted by Gasteiger charge is -2.10. The Hall–Kier alpha value is -0.990. The number of allylic oxidation sites excluding steroid dienone is 2. The summed E-state index contributed by atoms with van der Waals surface area (Å²) in [6, 6.07) is 8.80. The van der Waals surface area contributed by atoms with Gasteiger partial charge in [0, 0.05) is 9.77 Å². The van der Waals surface area contributed by atoms with Gasteiger partial charge in [-0.05, 0) is 27.8 Å². The Bertz CT molecular complexity index is 467. The average molecular weight is 218 g/mol. The molecular weight excluding hydrogens is 208 g/mol. The number of hydrogen-bond acceptors (Lipinski definition) is 1. The second kappa shape index (κ2) is 3.30. The van der Waals surface area contributed by atoms with Crippen LogP contribution in [-0.4, -0.2) is 0 Å². The van der Waals surface area contributed by atoms with Crippen molar-refractivity contribution in [3.63, 3.8) is 0 Å². The summed E-state index contributed by atoms with van der Waals surface area (Å²) in [5.41, 5.74) is 1.38. The van der Waals surface area contributed by atoms with Gasteiger partial charge < -0.3 is 0 Å². The minimum absolute atomic E-state index is 0.154. The van der Waals surface area contributed by atoms with E-state index >= 15 is 0 Å². The molecule has 70 valence electrons. The zero-order chi connectivity index (χ0) is 9.38. The van der Waals surface area contributed by atoms with Gasteiger partial charge in [-0.1, -0.05) is 30.4 Å². The van der Waals surface area contributed by atoms with Crippen LogP contribution in [0.2, 0.25) is 0 Å². The van der Waals surface area contributed by atoms with Gasteiger partial charge in [-0.3, -0.25) is 0 Å². The molecule has 0 fully saturated rings. The molecule has 0 aromatic rings. The summed E-state index contributed by atoms with van der Waals surface area (Å²) in [6.45, 7) is 0. The predicted octanol–water partition coefficient (Wildman–Crippen LogP) is 4.25. The Labute approximate surface area is 90.3 Å². The first kappa shape index (κ1) is 8.33. The van der Waals surface area contributed by atoms with Gasteiger partial charge in [0.25, 0.3) is 0 Å². The largest absolute Gasteiger partial charge is 0.185 e. The highest BCUT2D eigenvalue weighted by Gasteiger charge is 2.13. The van der Waals surface area contributed by atoms with Crippen molar-refractivity contribution in [2.75, 3.05) is 0 Å². The fourth-order valence-electron chi connectivity index (χ4n) is 1.68. The van der Waals surface area contributed by atoms with Crippen molar-refractivity contribution in [2.24, 2.45) is 0 Å². The highest BCUT2D eigenvalue weighted by atomic mass is 32.2. The zero-order valence-electron chi connectivity index (χ0n) is 7.55. The smallest absolute Gasteiger partial charge is 0.0467 e. The van der Waals surface area contributed by atoms with E-state index in [2.05, 4.69) is 52.6 Å². The molecule has 0 nitrogen and oxygen atoms in total. The molecule has 0 amide bonds. The van der Waals surface area contributed by atoms with Crippen LogP contribution in [0, 0.1) is 0 Å². The molecule has 14 heavy (non-hydrogen) atoms. The van der Waals surface area contributed by atoms with E-state index in [0.29, 0.717) is 0 Å². The van der Waals surface area contributed by atoms with E-state index in [1.807, 2.05) is 11.3 Å². The first-order valence-electron chi connectivity index (χ1n) is 4.55. The Balaban J connectivity index is 2.15. The summed E-state index contributed by atoms with van der Waals surface area (Å²) in [4.78, 5) is 2.96. The molecule has 0 saturated carbocycles. The third-order valence-electron chi connectivity index (χ3n) is 2.34. The van der Waals surface area contributed by atoms with E-state index in [-0.39, 0.29) is 10.9 Å². The van der Waals surface area contributed by atoms with Crippen molar-refractivity contribution in [3.05, 3.63) is 52.6 Å². The fourth-order valence-corrected chi connectivity index (χ4v) is 4.51. The maximum absolute atomic E-state index is 2.31. The number of hydrogen-bond donors (Lipinski definition) is 1. The van der Waals surface area contributed by atoms with Gasteiger partial charge in [0.15, 0.2) is 0 Å². The third kappa shape index (κ3) is 1.22. The molecule has 2 aliphatic heterocycles. The fraction of sp³-hybridized carbons (Fsp3) is 0. The van der Waals surface area contributed by atoms with Crippen molar-refractivity contribution >= 4 is 22.2 Å². The maximum atomic E-state index is 2.31. The van der Waals surface area contributed by atoms with E-state index in [4.69, 9.17) is 0 Å². The van der Waals surface area contributed by atoms with E-state index in [1.165, 1.54) is 15.3 Å². The summed E-state index contributed by atoms with van der Waals surface area (Å²) in [6.07, 6.45) is 4.30. The molecule has 0 aromatic heterocycles. The molecule has 2 heteroatoms. The third-order valence-corrected chi connectivity index (χ3v) is 5.39. The van der Waals surface area contributed by atoms with Gasteiger partial charge in [0.05, 0.1) is 0 Å². The topological polar surface area (TPSA) is 0 Å². The summed E-state index contributed by atoms with van der Waals surface area (Å²) >= 11 is 1.85. The van der Waals surface area contributed by atoms with Crippen LogP contribution in [0.1, 0.15) is 0 Å². The van der Waals surface area contributed by atoms with Gasteiger partial charge in [0.1, 0.15) is 0 Å². The molecule has 0 bridgehead atoms. The van der Waals surface area contributed by atoms with Crippen LogP contribution < -0.4 is 0 Å². The molecule has 0 radical (unpaired) electrons. The Morgan fingerprint density at radius 3 is 2.71 bits per heavy atom. The SMILES string of the molecule is C1=C[SH](c2ccc3cccsc2-3)C=C1. The summed E-state index contributed by atoms with van der Waals surface area (Å²) in [5.74, 6) is 0. The molecule has 0 aromatic carbocycles. The zero-order valence-corrected chi connectivity index (χ0v) is 9.26. The maximum Gasteiger partial charge on any atom is 0.0467 e. The molecular formula is C12H10S2. The highest BCUT2D eigenvalue weighted by Crippen LogP contribution is 2.49. The van der Waals surface area contributed by atoms with Crippen LogP contribution >= 0.6 is 22.2 Å². The second-order valence-corrected chi connectivity index (χ2v) is 6.02. The Morgan fingerprint density at radius 1 is 1.00 bits per heavy atom. The van der Waals surface area contributed by atoms with Crippen LogP contribution in [0.3, 0.4) is 0 Å². The van der Waals surface area contributed by atoms with Crippen molar-refractivity contribution < 1.29 is 0 Å². The molecule has 0 atom stereocenters. The normalized spacial score (nSPS) is 17.0. The van der Waals surface area contributed by atoms with Crippen molar-refractivity contribution in [1.82, 2.24) is 0 Å². The molecule has 3 rings (SSSR count). The first-order valence-corrected chi connectivity index (χ1v) is 6.91. The van der Waals surface area contributed by atoms with Crippen molar-refractivity contribution in [2.45, 2.75) is 4.90 Å². The van der Waals surface area contributed by atoms with Gasteiger partial charge in [-0.2, -0.15) is 10.9 Å². The lowest BCUT2D eigenvalue weighted by atomic mass is 10.3. The molecule has 0 saturated heterocycles. The monoisotopic (exact) mass is 218 g/mol. The standard InChI is InChI=1S/C12H10S2/c1-2-9-14(8-1)11-6-5-10-4-3-7-13-12(10)11/h1-9,14H. The highest BCUT2D eigenvalue weighted by molar-refractivity contribution is 8.22. The van der Waals surface area contributed by atoms with E-state index < -0.39 is 0 Å². The minimum atomic E-state index is -0.154. The van der Waals surface area contributed by atoms with Crippen LogP contribution in [0.5, 0.6) is 0 Å². The lowest BCUT2D eigenvalue weighted by molar-refractivity contribution is 1.62. The summed E-state index contributed by atoms with van der Waals surface area (Å²) in [5, 5.41) is 6.78. The Kier molecular flexibility index (Phi) is 1.96. The quantitative estimate of drug-likeness (QED) is 0.679. The summed E-state index contributed by atoms with van der Waals surface area (Å²) in [7, 11) is -0.154. The van der Waals surface area contributed by atoms with E-state index in [0.717, 1.165) is 0 Å². The molecule has 0 unspecified atom stereocenters. The summed E-state index contributed by atoms with van der Waals surface area (Å²) < 4.78 is 0. The number of rotatable bonds is 1. The van der Waals surface area contributed by atoms with Gasteiger partial charge in [0.2, 0.25) is 0 Å². The number of thiol groups is 1. The van der Waals surface area contributed by atoms with Gasteiger partial charge in [-0.15, -0.1) is 11.3 Å². The van der Waals surface area contributed by atoms with Crippen LogP contribution in [0.4, 0.5) is 0 Å². The lowest BCUT2D eigenvalue weighted by Crippen LogP contribution is -1.73. The van der Waals surface area contributed by atoms with Crippen LogP contribution in [-0.2, 0) is 0 Å². The predicted molar refractivity (Wildman–Crippen MR) is 66.5 cm³/mol. The number of fused-ring (bicyclic) bond motifs is 1. The Morgan fingerprint density at radius 2 is 1.86 bits per heavy atom. The minimum Gasteiger partial charge on any atom is -0.185 e. The van der Waals surface area contributed by atoms with Gasteiger partial charge >= 0.3 is 0 Å². The first-order chi connectivity index (χ1) is 6.95. The molecule has 3 aliphatic rings. The van der Waals surface area contributed by atoms with Gasteiger partial charge in [-0.25, -0.2) is 0 Å². The molecule has 0 spiro atoms. The second-order valence-electron chi connectivity index (χ2n) is 3.21. The molecule has 2 heterocycles. The average Bonchev–Trinajstić information content (AvgIpc) is 2.85. The van der Waals surface area contributed by atoms with Crippen LogP contribution in [0.15, 0.2) is 57.5 Å².